The third-order valence-corrected chi connectivity index (χ3v) is 5.14. The Labute approximate surface area is 167 Å². The Hall–Kier alpha value is -2.45. The molecular weight excluding hydrogens is 386 g/mol. The molecule has 0 aromatic heterocycles. The summed E-state index contributed by atoms with van der Waals surface area (Å²) < 4.78 is 52.0. The highest BCUT2D eigenvalue weighted by molar-refractivity contribution is 5.94. The minimum Gasteiger partial charge on any atom is -0.350 e. The standard InChI is InChI=1S/C21H23F4N3O/c1-27-9-11-28(12-10-27)19(15-5-7-18(22)8-6-15)14-26-20(29)16-3-2-4-17(13-16)21(23,24)25/h2-8,13,19H,9-12,14H2,1H3,(H,26,29)/t19-/m1/s1. The predicted molar refractivity (Wildman–Crippen MR) is 102 cm³/mol. The Morgan fingerprint density at radius 2 is 1.72 bits per heavy atom. The van der Waals surface area contributed by atoms with E-state index in [0.29, 0.717) is 0 Å². The fraction of sp³-hybridized carbons (Fsp3) is 0.381. The maximum atomic E-state index is 13.3. The van der Waals surface area contributed by atoms with Crippen LogP contribution in [-0.2, 0) is 6.18 Å². The lowest BCUT2D eigenvalue weighted by Crippen LogP contribution is -2.48. The maximum absolute atomic E-state index is 13.3. The van der Waals surface area contributed by atoms with Crippen LogP contribution in [0.15, 0.2) is 48.5 Å². The molecule has 0 bridgehead atoms. The van der Waals surface area contributed by atoms with Crippen LogP contribution in [0, 0.1) is 5.82 Å². The number of likely N-dealkylation sites (N-methyl/N-ethyl adjacent to an activating group) is 1. The van der Waals surface area contributed by atoms with E-state index in [2.05, 4.69) is 15.1 Å². The van der Waals surface area contributed by atoms with Gasteiger partial charge in [0.05, 0.1) is 11.6 Å². The van der Waals surface area contributed by atoms with Gasteiger partial charge in [-0.05, 0) is 42.9 Å². The Bertz CT molecular complexity index is 831. The molecule has 1 N–H and O–H groups in total. The van der Waals surface area contributed by atoms with Gasteiger partial charge in [-0.15, -0.1) is 0 Å². The summed E-state index contributed by atoms with van der Waals surface area (Å²) in [7, 11) is 2.03. The first-order chi connectivity index (χ1) is 13.7. The number of benzene rings is 2. The van der Waals surface area contributed by atoms with Gasteiger partial charge in [0.1, 0.15) is 5.82 Å². The van der Waals surface area contributed by atoms with Crippen molar-refractivity contribution in [1.29, 1.82) is 0 Å². The lowest BCUT2D eigenvalue weighted by atomic mass is 10.0. The number of piperazine rings is 1. The largest absolute Gasteiger partial charge is 0.416 e. The summed E-state index contributed by atoms with van der Waals surface area (Å²) in [5.74, 6) is -0.920. The molecule has 2 aromatic rings. The average molecular weight is 409 g/mol. The van der Waals surface area contributed by atoms with E-state index in [4.69, 9.17) is 0 Å². The summed E-state index contributed by atoms with van der Waals surface area (Å²) >= 11 is 0. The molecule has 3 rings (SSSR count). The molecule has 0 unspecified atom stereocenters. The second-order valence-electron chi connectivity index (χ2n) is 7.20. The molecule has 1 heterocycles. The monoisotopic (exact) mass is 409 g/mol. The van der Waals surface area contributed by atoms with Crippen molar-refractivity contribution in [2.75, 3.05) is 39.8 Å². The first-order valence-electron chi connectivity index (χ1n) is 9.37. The molecule has 1 saturated heterocycles. The smallest absolute Gasteiger partial charge is 0.350 e. The van der Waals surface area contributed by atoms with E-state index in [1.165, 1.54) is 24.3 Å². The Morgan fingerprint density at radius 1 is 1.07 bits per heavy atom. The van der Waals surface area contributed by atoms with Crippen molar-refractivity contribution in [3.63, 3.8) is 0 Å². The number of carbonyl (C=O) groups excluding carboxylic acids is 1. The summed E-state index contributed by atoms with van der Waals surface area (Å²) in [5, 5.41) is 2.74. The van der Waals surface area contributed by atoms with E-state index in [-0.39, 0.29) is 24.0 Å². The molecule has 8 heteroatoms. The maximum Gasteiger partial charge on any atom is 0.416 e. The number of nitrogens with zero attached hydrogens (tertiary/aromatic N) is 2. The van der Waals surface area contributed by atoms with E-state index in [0.717, 1.165) is 43.9 Å². The van der Waals surface area contributed by atoms with Crippen molar-refractivity contribution in [2.24, 2.45) is 0 Å². The normalized spacial score (nSPS) is 17.1. The molecule has 4 nitrogen and oxygen atoms in total. The van der Waals surface area contributed by atoms with Crippen molar-refractivity contribution in [3.05, 3.63) is 71.0 Å². The van der Waals surface area contributed by atoms with Crippen LogP contribution in [0.25, 0.3) is 0 Å². The lowest BCUT2D eigenvalue weighted by Gasteiger charge is -2.38. The van der Waals surface area contributed by atoms with E-state index >= 15 is 0 Å². The zero-order chi connectivity index (χ0) is 21.0. The third kappa shape index (κ3) is 5.55. The number of amides is 1. The van der Waals surface area contributed by atoms with Crippen molar-refractivity contribution >= 4 is 5.91 Å². The number of alkyl halides is 3. The molecule has 1 fully saturated rings. The highest BCUT2D eigenvalue weighted by atomic mass is 19.4. The second-order valence-corrected chi connectivity index (χ2v) is 7.20. The van der Waals surface area contributed by atoms with Crippen molar-refractivity contribution in [3.8, 4) is 0 Å². The van der Waals surface area contributed by atoms with Gasteiger partial charge < -0.3 is 10.2 Å². The fourth-order valence-electron chi connectivity index (χ4n) is 3.40. The Morgan fingerprint density at radius 3 is 2.34 bits per heavy atom. The first-order valence-corrected chi connectivity index (χ1v) is 9.37. The van der Waals surface area contributed by atoms with Crippen molar-refractivity contribution in [2.45, 2.75) is 12.2 Å². The molecule has 29 heavy (non-hydrogen) atoms. The third-order valence-electron chi connectivity index (χ3n) is 5.14. The summed E-state index contributed by atoms with van der Waals surface area (Å²) in [6.45, 7) is 3.49. The summed E-state index contributed by atoms with van der Waals surface area (Å²) in [4.78, 5) is 16.9. The highest BCUT2D eigenvalue weighted by Crippen LogP contribution is 2.29. The topological polar surface area (TPSA) is 35.6 Å². The van der Waals surface area contributed by atoms with Gasteiger partial charge in [0, 0.05) is 38.3 Å². The van der Waals surface area contributed by atoms with Crippen LogP contribution < -0.4 is 5.32 Å². The zero-order valence-corrected chi connectivity index (χ0v) is 16.0. The van der Waals surface area contributed by atoms with Crippen LogP contribution >= 0.6 is 0 Å². The van der Waals surface area contributed by atoms with E-state index in [1.807, 2.05) is 7.05 Å². The van der Waals surface area contributed by atoms with Gasteiger partial charge in [-0.25, -0.2) is 4.39 Å². The molecule has 0 saturated carbocycles. The SMILES string of the molecule is CN1CCN([C@H](CNC(=O)c2cccc(C(F)(F)F)c2)c2ccc(F)cc2)CC1. The fourth-order valence-corrected chi connectivity index (χ4v) is 3.40. The summed E-state index contributed by atoms with van der Waals surface area (Å²) in [6.07, 6.45) is -4.51. The number of carbonyl (C=O) groups is 1. The molecule has 1 aliphatic rings. The second kappa shape index (κ2) is 8.92. The van der Waals surface area contributed by atoms with Gasteiger partial charge >= 0.3 is 6.18 Å². The highest BCUT2D eigenvalue weighted by Gasteiger charge is 2.31. The van der Waals surface area contributed by atoms with E-state index in [1.54, 1.807) is 12.1 Å². The number of hydrogen-bond acceptors (Lipinski definition) is 3. The molecule has 1 atom stereocenters. The summed E-state index contributed by atoms with van der Waals surface area (Å²) in [5.41, 5.74) is -0.0596. The van der Waals surface area contributed by atoms with Crippen LogP contribution in [0.3, 0.4) is 0 Å². The van der Waals surface area contributed by atoms with Gasteiger partial charge in [-0.2, -0.15) is 13.2 Å². The van der Waals surface area contributed by atoms with Gasteiger partial charge in [0.15, 0.2) is 0 Å². The van der Waals surface area contributed by atoms with Crippen LogP contribution in [0.4, 0.5) is 17.6 Å². The molecule has 0 spiro atoms. The van der Waals surface area contributed by atoms with Gasteiger partial charge in [-0.1, -0.05) is 18.2 Å². The predicted octanol–water partition coefficient (Wildman–Crippen LogP) is 3.56. The Kier molecular flexibility index (Phi) is 6.54. The Balaban J connectivity index is 1.74. The minimum atomic E-state index is -4.51. The minimum absolute atomic E-state index is 0.0453. The lowest BCUT2D eigenvalue weighted by molar-refractivity contribution is -0.137. The van der Waals surface area contributed by atoms with Crippen molar-refractivity contribution < 1.29 is 22.4 Å². The number of hydrogen-bond donors (Lipinski definition) is 1. The van der Waals surface area contributed by atoms with Crippen LogP contribution in [0.5, 0.6) is 0 Å². The molecule has 0 radical (unpaired) electrons. The zero-order valence-electron chi connectivity index (χ0n) is 16.0. The quantitative estimate of drug-likeness (QED) is 0.767. The molecular formula is C21H23F4N3O. The van der Waals surface area contributed by atoms with Crippen LogP contribution in [0.1, 0.15) is 27.5 Å². The van der Waals surface area contributed by atoms with Gasteiger partial charge in [-0.3, -0.25) is 9.69 Å². The molecule has 1 aliphatic heterocycles. The van der Waals surface area contributed by atoms with Crippen LogP contribution in [0.2, 0.25) is 0 Å². The van der Waals surface area contributed by atoms with E-state index in [9.17, 15) is 22.4 Å². The number of nitrogens with one attached hydrogen (secondary N) is 1. The molecule has 0 aliphatic carbocycles. The van der Waals surface area contributed by atoms with Crippen LogP contribution in [-0.4, -0.2) is 55.5 Å². The number of rotatable bonds is 5. The van der Waals surface area contributed by atoms with Gasteiger partial charge in [0.2, 0.25) is 0 Å². The number of halogens is 4. The molecule has 2 aromatic carbocycles. The molecule has 156 valence electrons. The average Bonchev–Trinajstić information content (AvgIpc) is 2.70. The first kappa shape index (κ1) is 21.3. The van der Waals surface area contributed by atoms with E-state index < -0.39 is 17.6 Å². The van der Waals surface area contributed by atoms with Crippen molar-refractivity contribution in [1.82, 2.24) is 15.1 Å². The van der Waals surface area contributed by atoms with Gasteiger partial charge in [0.25, 0.3) is 5.91 Å². The molecule has 1 amide bonds. The summed E-state index contributed by atoms with van der Waals surface area (Å²) in [6, 6.07) is 10.2.